The highest BCUT2D eigenvalue weighted by molar-refractivity contribution is 5.18. The number of pyridine rings is 1. The summed E-state index contributed by atoms with van der Waals surface area (Å²) in [5, 5.41) is 0. The number of hydrogen-bond acceptors (Lipinski definition) is 4. The smallest absolute Gasteiger partial charge is 0.168 e. The lowest BCUT2D eigenvalue weighted by molar-refractivity contribution is -0.329. The van der Waals surface area contributed by atoms with E-state index in [0.29, 0.717) is 23.9 Å². The first-order valence-corrected chi connectivity index (χ1v) is 11.6. The number of fused-ring (bicyclic) bond motifs is 3. The topological polar surface area (TPSA) is 40.6 Å². The third-order valence-corrected chi connectivity index (χ3v) is 8.47. The van der Waals surface area contributed by atoms with Crippen LogP contribution in [0.25, 0.3) is 0 Å². The van der Waals surface area contributed by atoms with E-state index in [1.54, 1.807) is 12.4 Å². The second-order valence-corrected chi connectivity index (χ2v) is 9.97. The molecular weight excluding hydrogens is 362 g/mol. The second-order valence-electron chi connectivity index (χ2n) is 9.97. The highest BCUT2D eigenvalue weighted by Gasteiger charge is 2.56. The SMILES string of the molecule is C=C1CCC2C3COC4(CCCC4)OC3CCC2(C)C1CCOc1ccncc1. The van der Waals surface area contributed by atoms with Crippen LogP contribution in [-0.2, 0) is 9.47 Å². The predicted molar refractivity (Wildman–Crippen MR) is 113 cm³/mol. The maximum Gasteiger partial charge on any atom is 0.168 e. The number of aromatic nitrogens is 1. The van der Waals surface area contributed by atoms with Gasteiger partial charge in [0.15, 0.2) is 5.79 Å². The molecule has 3 saturated carbocycles. The number of ether oxygens (including phenoxy) is 3. The van der Waals surface area contributed by atoms with Crippen LogP contribution in [0.4, 0.5) is 0 Å². The Labute approximate surface area is 175 Å². The average Bonchev–Trinajstić information content (AvgIpc) is 3.18. The minimum atomic E-state index is -0.245. The van der Waals surface area contributed by atoms with E-state index < -0.39 is 0 Å². The van der Waals surface area contributed by atoms with Crippen molar-refractivity contribution in [1.29, 1.82) is 0 Å². The molecule has 0 bridgehead atoms. The lowest BCUT2D eigenvalue weighted by Crippen LogP contribution is -2.58. The van der Waals surface area contributed by atoms with Crippen molar-refractivity contribution in [2.45, 2.75) is 76.6 Å². The molecule has 2 heterocycles. The monoisotopic (exact) mass is 397 g/mol. The van der Waals surface area contributed by atoms with Crippen LogP contribution < -0.4 is 4.74 Å². The maximum absolute atomic E-state index is 6.66. The van der Waals surface area contributed by atoms with Gasteiger partial charge in [-0.05, 0) is 74.3 Å². The van der Waals surface area contributed by atoms with E-state index in [1.165, 1.54) is 31.3 Å². The summed E-state index contributed by atoms with van der Waals surface area (Å²) in [6, 6.07) is 3.86. The van der Waals surface area contributed by atoms with Gasteiger partial charge in [-0.15, -0.1) is 0 Å². The normalized spacial score (nSPS) is 38.4. The highest BCUT2D eigenvalue weighted by atomic mass is 16.7. The first-order valence-electron chi connectivity index (χ1n) is 11.6. The largest absolute Gasteiger partial charge is 0.493 e. The lowest BCUT2D eigenvalue weighted by Gasteiger charge is -2.59. The maximum atomic E-state index is 6.66. The Morgan fingerprint density at radius 1 is 1.17 bits per heavy atom. The summed E-state index contributed by atoms with van der Waals surface area (Å²) in [6.45, 7) is 8.62. The van der Waals surface area contributed by atoms with E-state index in [9.17, 15) is 0 Å². The van der Waals surface area contributed by atoms with Crippen LogP contribution in [0.5, 0.6) is 5.75 Å². The second kappa shape index (κ2) is 7.70. The summed E-state index contributed by atoms with van der Waals surface area (Å²) in [6.07, 6.45) is 14.4. The molecule has 0 aromatic carbocycles. The molecular formula is C25H35NO3. The summed E-state index contributed by atoms with van der Waals surface area (Å²) >= 11 is 0. The molecule has 0 N–H and O–H groups in total. The first kappa shape index (κ1) is 19.6. The van der Waals surface area contributed by atoms with Crippen molar-refractivity contribution >= 4 is 0 Å². The molecule has 29 heavy (non-hydrogen) atoms. The summed E-state index contributed by atoms with van der Waals surface area (Å²) in [5.41, 5.74) is 1.70. The molecule has 1 spiro atoms. The Hall–Kier alpha value is -1.39. The molecule has 5 atom stereocenters. The molecule has 0 amide bonds. The minimum absolute atomic E-state index is 0.245. The van der Waals surface area contributed by atoms with E-state index in [4.69, 9.17) is 14.2 Å². The number of allylic oxidation sites excluding steroid dienone is 1. The molecule has 1 aromatic heterocycles. The van der Waals surface area contributed by atoms with Crippen molar-refractivity contribution in [3.8, 4) is 5.75 Å². The van der Waals surface area contributed by atoms with Gasteiger partial charge in [-0.25, -0.2) is 0 Å². The summed E-state index contributed by atoms with van der Waals surface area (Å²) in [7, 11) is 0. The summed E-state index contributed by atoms with van der Waals surface area (Å²) in [4.78, 5) is 4.07. The van der Waals surface area contributed by atoms with E-state index in [-0.39, 0.29) is 11.2 Å². The van der Waals surface area contributed by atoms with Crippen molar-refractivity contribution < 1.29 is 14.2 Å². The van der Waals surface area contributed by atoms with Gasteiger partial charge in [0.1, 0.15) is 5.75 Å². The molecule has 5 unspecified atom stereocenters. The van der Waals surface area contributed by atoms with Crippen molar-refractivity contribution in [1.82, 2.24) is 4.98 Å². The average molecular weight is 398 g/mol. The standard InChI is InChI=1S/C25H35NO3/c1-18-5-6-22-20-17-28-25(11-3-4-12-25)29-23(20)7-13-24(22,2)21(18)10-16-27-19-8-14-26-15-9-19/h8-9,14-15,20-23H,1,3-7,10-13,16-17H2,2H3. The molecule has 0 radical (unpaired) electrons. The van der Waals surface area contributed by atoms with Crippen LogP contribution in [0.15, 0.2) is 36.7 Å². The molecule has 1 saturated heterocycles. The number of nitrogens with zero attached hydrogens (tertiary/aromatic N) is 1. The first-order chi connectivity index (χ1) is 14.1. The Morgan fingerprint density at radius 3 is 2.76 bits per heavy atom. The number of hydrogen-bond donors (Lipinski definition) is 0. The van der Waals surface area contributed by atoms with Gasteiger partial charge in [-0.1, -0.05) is 19.1 Å². The zero-order chi connectivity index (χ0) is 19.9. The van der Waals surface area contributed by atoms with Gasteiger partial charge >= 0.3 is 0 Å². The fourth-order valence-corrected chi connectivity index (χ4v) is 6.93. The van der Waals surface area contributed by atoms with Crippen LogP contribution in [0.1, 0.15) is 64.7 Å². The highest BCUT2D eigenvalue weighted by Crippen LogP contribution is 2.60. The van der Waals surface area contributed by atoms with Gasteiger partial charge in [-0.3, -0.25) is 4.98 Å². The molecule has 3 aliphatic carbocycles. The van der Waals surface area contributed by atoms with Gasteiger partial charge in [0.2, 0.25) is 0 Å². The van der Waals surface area contributed by atoms with Gasteiger partial charge in [-0.2, -0.15) is 0 Å². The van der Waals surface area contributed by atoms with E-state index in [1.807, 2.05) is 12.1 Å². The predicted octanol–water partition coefficient (Wildman–Crippen LogP) is 5.53. The van der Waals surface area contributed by atoms with Crippen LogP contribution in [0.3, 0.4) is 0 Å². The Balaban J connectivity index is 1.27. The van der Waals surface area contributed by atoms with E-state index in [0.717, 1.165) is 51.1 Å². The van der Waals surface area contributed by atoms with Crippen LogP contribution >= 0.6 is 0 Å². The van der Waals surface area contributed by atoms with E-state index in [2.05, 4.69) is 18.5 Å². The third kappa shape index (κ3) is 3.53. The van der Waals surface area contributed by atoms with E-state index >= 15 is 0 Å². The van der Waals surface area contributed by atoms with Gasteiger partial charge < -0.3 is 14.2 Å². The van der Waals surface area contributed by atoms with Crippen LogP contribution in [0.2, 0.25) is 0 Å². The Bertz CT molecular complexity index is 729. The summed E-state index contributed by atoms with van der Waals surface area (Å²) < 4.78 is 19.1. The third-order valence-electron chi connectivity index (χ3n) is 8.47. The van der Waals surface area contributed by atoms with Gasteiger partial charge in [0.25, 0.3) is 0 Å². The zero-order valence-corrected chi connectivity index (χ0v) is 17.8. The molecule has 4 aliphatic rings. The Morgan fingerprint density at radius 2 is 1.97 bits per heavy atom. The molecule has 4 fully saturated rings. The van der Waals surface area contributed by atoms with Gasteiger partial charge in [0.05, 0.1) is 19.3 Å². The molecule has 5 rings (SSSR count). The minimum Gasteiger partial charge on any atom is -0.493 e. The van der Waals surface area contributed by atoms with Crippen molar-refractivity contribution in [2.75, 3.05) is 13.2 Å². The fourth-order valence-electron chi connectivity index (χ4n) is 6.93. The molecule has 158 valence electrons. The van der Waals surface area contributed by atoms with Crippen molar-refractivity contribution in [2.24, 2.45) is 23.2 Å². The van der Waals surface area contributed by atoms with Crippen LogP contribution in [0, 0.1) is 23.2 Å². The Kier molecular flexibility index (Phi) is 5.19. The fraction of sp³-hybridized carbons (Fsp3) is 0.720. The van der Waals surface area contributed by atoms with Crippen molar-refractivity contribution in [3.05, 3.63) is 36.7 Å². The van der Waals surface area contributed by atoms with Gasteiger partial charge in [0, 0.05) is 31.2 Å². The molecule has 4 nitrogen and oxygen atoms in total. The van der Waals surface area contributed by atoms with Crippen LogP contribution in [-0.4, -0.2) is 30.1 Å². The molecule has 1 aromatic rings. The quantitative estimate of drug-likeness (QED) is 0.626. The zero-order valence-electron chi connectivity index (χ0n) is 17.8. The summed E-state index contributed by atoms with van der Waals surface area (Å²) in [5.74, 6) is 2.38. The number of rotatable bonds is 4. The molecule has 4 heteroatoms. The van der Waals surface area contributed by atoms with Crippen molar-refractivity contribution in [3.63, 3.8) is 0 Å². The lowest BCUT2D eigenvalue weighted by atomic mass is 9.50. The molecule has 1 aliphatic heterocycles.